The number of alkyl halides is 3. The van der Waals surface area contributed by atoms with E-state index in [-0.39, 0.29) is 5.56 Å². The number of rotatable bonds is 4. The molecule has 0 fully saturated rings. The smallest absolute Gasteiger partial charge is 0.405 e. The Balaban J connectivity index is 1.84. The zero-order valence-electron chi connectivity index (χ0n) is 15.2. The number of benzene rings is 2. The van der Waals surface area contributed by atoms with Crippen LogP contribution in [0, 0.1) is 5.92 Å². The molecule has 29 heavy (non-hydrogen) atoms. The summed E-state index contributed by atoms with van der Waals surface area (Å²) in [4.78, 5) is 37.4. The van der Waals surface area contributed by atoms with Crippen LogP contribution in [0.3, 0.4) is 0 Å². The number of Topliss-reactive ketones (excluding diaryl/α,β-unsaturated/α-hetero) is 1. The van der Waals surface area contributed by atoms with Gasteiger partial charge in [-0.2, -0.15) is 13.2 Å². The Labute approximate surface area is 164 Å². The number of carbonyl (C=O) groups is 3. The molecule has 1 aliphatic rings. The van der Waals surface area contributed by atoms with E-state index >= 15 is 0 Å². The first-order chi connectivity index (χ1) is 13.7. The number of hydrogen-bond acceptors (Lipinski definition) is 4. The third kappa shape index (κ3) is 4.56. The summed E-state index contributed by atoms with van der Waals surface area (Å²) in [5, 5.41) is 4.14. The van der Waals surface area contributed by atoms with Crippen LogP contribution in [0.4, 0.5) is 13.2 Å². The summed E-state index contributed by atoms with van der Waals surface area (Å²) in [6, 6.07) is 11.9. The van der Waals surface area contributed by atoms with Crippen LogP contribution in [0.5, 0.6) is 11.5 Å². The molecule has 0 bridgehead atoms. The van der Waals surface area contributed by atoms with E-state index in [1.165, 1.54) is 6.92 Å². The van der Waals surface area contributed by atoms with Crippen molar-refractivity contribution in [1.29, 1.82) is 0 Å². The maximum Gasteiger partial charge on any atom is 0.405 e. The minimum absolute atomic E-state index is 0.239. The standard InChI is InChI=1S/C20H17F3N2O4/c1-11(18(27)24-10-20(21,22)23)19(28)25-16-12-6-2-4-8-14(12)29-15-9-5-3-7-13(15)17(16)26/h2-9,11,16H,10H2,1H3,(H,24,27)(H,25,28). The lowest BCUT2D eigenvalue weighted by Crippen LogP contribution is -2.44. The van der Waals surface area contributed by atoms with Crippen LogP contribution in [-0.4, -0.2) is 30.3 Å². The third-order valence-electron chi connectivity index (χ3n) is 4.40. The molecule has 2 aromatic carbocycles. The number of fused-ring (bicyclic) bond motifs is 2. The second kappa shape index (κ2) is 7.94. The second-order valence-electron chi connectivity index (χ2n) is 6.50. The molecule has 0 radical (unpaired) electrons. The Morgan fingerprint density at radius 1 is 1.03 bits per heavy atom. The first-order valence-corrected chi connectivity index (χ1v) is 8.72. The highest BCUT2D eigenvalue weighted by molar-refractivity contribution is 6.07. The van der Waals surface area contributed by atoms with Crippen molar-refractivity contribution in [3.8, 4) is 11.5 Å². The van der Waals surface area contributed by atoms with Gasteiger partial charge in [0.15, 0.2) is 5.78 Å². The maximum atomic E-state index is 13.0. The van der Waals surface area contributed by atoms with Crippen molar-refractivity contribution in [2.75, 3.05) is 6.54 Å². The summed E-state index contributed by atoms with van der Waals surface area (Å²) >= 11 is 0. The number of hydrogen-bond donors (Lipinski definition) is 2. The van der Waals surface area contributed by atoms with Crippen LogP contribution in [0.25, 0.3) is 0 Å². The largest absolute Gasteiger partial charge is 0.456 e. The maximum absolute atomic E-state index is 13.0. The van der Waals surface area contributed by atoms with Crippen LogP contribution < -0.4 is 15.4 Å². The van der Waals surface area contributed by atoms with Gasteiger partial charge in [0, 0.05) is 5.56 Å². The van der Waals surface area contributed by atoms with Gasteiger partial charge in [0.25, 0.3) is 0 Å². The Bertz CT molecular complexity index is 959. The van der Waals surface area contributed by atoms with Crippen LogP contribution in [0.15, 0.2) is 48.5 Å². The molecule has 0 aromatic heterocycles. The van der Waals surface area contributed by atoms with E-state index in [1.54, 1.807) is 53.8 Å². The van der Waals surface area contributed by atoms with E-state index in [4.69, 9.17) is 4.74 Å². The van der Waals surface area contributed by atoms with Gasteiger partial charge >= 0.3 is 6.18 Å². The SMILES string of the molecule is CC(C(=O)NCC(F)(F)F)C(=O)NC1C(=O)c2ccccc2Oc2ccccc21. The number of para-hydroxylation sites is 2. The molecule has 1 heterocycles. The van der Waals surface area contributed by atoms with Crippen molar-refractivity contribution in [2.45, 2.75) is 19.1 Å². The van der Waals surface area contributed by atoms with Gasteiger partial charge in [-0.3, -0.25) is 14.4 Å². The molecule has 9 heteroatoms. The van der Waals surface area contributed by atoms with E-state index in [9.17, 15) is 27.6 Å². The molecule has 0 saturated carbocycles. The Morgan fingerprint density at radius 3 is 2.34 bits per heavy atom. The lowest BCUT2D eigenvalue weighted by molar-refractivity contribution is -0.144. The predicted octanol–water partition coefficient (Wildman–Crippen LogP) is 3.15. The topological polar surface area (TPSA) is 84.5 Å². The average molecular weight is 406 g/mol. The molecule has 0 aliphatic carbocycles. The first-order valence-electron chi connectivity index (χ1n) is 8.72. The van der Waals surface area contributed by atoms with Crippen molar-refractivity contribution in [3.63, 3.8) is 0 Å². The van der Waals surface area contributed by atoms with Crippen LogP contribution in [0.2, 0.25) is 0 Å². The zero-order chi connectivity index (χ0) is 21.2. The van der Waals surface area contributed by atoms with Gasteiger partial charge in [-0.05, 0) is 25.1 Å². The number of ketones is 1. The summed E-state index contributed by atoms with van der Waals surface area (Å²) in [6.45, 7) is -0.381. The highest BCUT2D eigenvalue weighted by Gasteiger charge is 2.35. The molecule has 1 aliphatic heterocycles. The monoisotopic (exact) mass is 406 g/mol. The number of nitrogens with one attached hydrogen (secondary N) is 2. The number of ether oxygens (including phenoxy) is 1. The second-order valence-corrected chi connectivity index (χ2v) is 6.50. The van der Waals surface area contributed by atoms with Gasteiger partial charge < -0.3 is 15.4 Å². The van der Waals surface area contributed by atoms with E-state index in [0.29, 0.717) is 17.1 Å². The minimum atomic E-state index is -4.59. The first kappa shape index (κ1) is 20.4. The fourth-order valence-corrected chi connectivity index (χ4v) is 2.86. The highest BCUT2D eigenvalue weighted by Crippen LogP contribution is 2.38. The molecule has 152 valence electrons. The fraction of sp³-hybridized carbons (Fsp3) is 0.250. The number of carbonyl (C=O) groups excluding carboxylic acids is 3. The van der Waals surface area contributed by atoms with Crippen molar-refractivity contribution < 1.29 is 32.3 Å². The van der Waals surface area contributed by atoms with Gasteiger partial charge in [-0.1, -0.05) is 30.3 Å². The van der Waals surface area contributed by atoms with Crippen molar-refractivity contribution >= 4 is 17.6 Å². The van der Waals surface area contributed by atoms with E-state index in [2.05, 4.69) is 5.32 Å². The van der Waals surface area contributed by atoms with Gasteiger partial charge in [-0.25, -0.2) is 0 Å². The average Bonchev–Trinajstić information content (AvgIpc) is 2.80. The van der Waals surface area contributed by atoms with Gasteiger partial charge in [0.2, 0.25) is 11.8 Å². The van der Waals surface area contributed by atoms with Crippen molar-refractivity contribution in [2.24, 2.45) is 5.92 Å². The Kier molecular flexibility index (Phi) is 5.58. The lowest BCUT2D eigenvalue weighted by Gasteiger charge is -2.20. The third-order valence-corrected chi connectivity index (χ3v) is 4.40. The number of halogens is 3. The zero-order valence-corrected chi connectivity index (χ0v) is 15.2. The molecule has 2 aromatic rings. The quantitative estimate of drug-likeness (QED) is 0.764. The molecule has 0 spiro atoms. The molecular formula is C20H17F3N2O4. The number of amides is 2. The van der Waals surface area contributed by atoms with Crippen molar-refractivity contribution in [3.05, 3.63) is 59.7 Å². The summed E-state index contributed by atoms with van der Waals surface area (Å²) in [7, 11) is 0. The summed E-state index contributed by atoms with van der Waals surface area (Å²) in [5.41, 5.74) is 0.619. The molecule has 2 amide bonds. The molecule has 3 rings (SSSR count). The molecule has 2 N–H and O–H groups in total. The fourth-order valence-electron chi connectivity index (χ4n) is 2.86. The highest BCUT2D eigenvalue weighted by atomic mass is 19.4. The van der Waals surface area contributed by atoms with Crippen LogP contribution in [0.1, 0.15) is 28.9 Å². The van der Waals surface area contributed by atoms with Crippen LogP contribution in [-0.2, 0) is 9.59 Å². The van der Waals surface area contributed by atoms with E-state index < -0.39 is 42.3 Å². The molecule has 0 saturated heterocycles. The van der Waals surface area contributed by atoms with E-state index in [0.717, 1.165) is 0 Å². The van der Waals surface area contributed by atoms with Crippen LogP contribution >= 0.6 is 0 Å². The molecule has 2 unspecified atom stereocenters. The molecule has 6 nitrogen and oxygen atoms in total. The Morgan fingerprint density at radius 2 is 1.66 bits per heavy atom. The van der Waals surface area contributed by atoms with Gasteiger partial charge in [0.1, 0.15) is 30.0 Å². The van der Waals surface area contributed by atoms with Crippen molar-refractivity contribution in [1.82, 2.24) is 10.6 Å². The predicted molar refractivity (Wildman–Crippen MR) is 96.4 cm³/mol. The minimum Gasteiger partial charge on any atom is -0.456 e. The summed E-state index contributed by atoms with van der Waals surface area (Å²) in [5.74, 6) is -3.19. The Hall–Kier alpha value is -3.36. The van der Waals surface area contributed by atoms with Gasteiger partial charge in [0.05, 0.1) is 5.56 Å². The summed E-state index contributed by atoms with van der Waals surface area (Å²) in [6.07, 6.45) is -4.59. The van der Waals surface area contributed by atoms with E-state index in [1.807, 2.05) is 0 Å². The molecule has 2 atom stereocenters. The lowest BCUT2D eigenvalue weighted by atomic mass is 9.96. The van der Waals surface area contributed by atoms with Gasteiger partial charge in [-0.15, -0.1) is 0 Å². The molecular weight excluding hydrogens is 389 g/mol. The summed E-state index contributed by atoms with van der Waals surface area (Å²) < 4.78 is 42.6. The normalized spacial score (nSPS) is 16.6.